The van der Waals surface area contributed by atoms with Crippen molar-refractivity contribution in [3.63, 3.8) is 0 Å². The zero-order valence-electron chi connectivity index (χ0n) is 11.1. The molecule has 1 aliphatic carbocycles. The third-order valence-corrected chi connectivity index (χ3v) is 4.49. The molecule has 1 aliphatic heterocycles. The van der Waals surface area contributed by atoms with Gasteiger partial charge < -0.3 is 10.6 Å². The van der Waals surface area contributed by atoms with E-state index in [-0.39, 0.29) is 5.41 Å². The molecule has 1 saturated heterocycles. The predicted octanol–water partition coefficient (Wildman–Crippen LogP) is 2.07. The molecule has 2 fully saturated rings. The number of nitrogens with one attached hydrogen (secondary N) is 2. The van der Waals surface area contributed by atoms with E-state index in [1.165, 1.54) is 19.3 Å². The van der Waals surface area contributed by atoms with Crippen LogP contribution in [0.2, 0.25) is 0 Å². The summed E-state index contributed by atoms with van der Waals surface area (Å²) in [7, 11) is 0. The van der Waals surface area contributed by atoms with E-state index in [4.69, 9.17) is 0 Å². The maximum Gasteiger partial charge on any atom is 0.226 e. The quantitative estimate of drug-likeness (QED) is 0.696. The first-order chi connectivity index (χ1) is 8.27. The van der Waals surface area contributed by atoms with Crippen LogP contribution < -0.4 is 10.6 Å². The van der Waals surface area contributed by atoms with Crippen LogP contribution in [0, 0.1) is 11.3 Å². The summed E-state index contributed by atoms with van der Waals surface area (Å²) in [6.07, 6.45) is 8.27. The molecule has 2 aliphatic rings. The van der Waals surface area contributed by atoms with Gasteiger partial charge in [0, 0.05) is 6.54 Å². The fourth-order valence-electron chi connectivity index (χ4n) is 2.83. The Bertz CT molecular complexity index is 255. The van der Waals surface area contributed by atoms with Crippen molar-refractivity contribution < 1.29 is 4.79 Å². The van der Waals surface area contributed by atoms with Gasteiger partial charge in [-0.3, -0.25) is 4.79 Å². The summed E-state index contributed by atoms with van der Waals surface area (Å²) >= 11 is 0. The summed E-state index contributed by atoms with van der Waals surface area (Å²) in [4.78, 5) is 12.3. The Balaban J connectivity index is 1.71. The standard InChI is InChI=1S/C14H26N2O/c1-2-14(7-10-15-11-8-14)13(17)16-9-3-4-12-5-6-12/h12,15H,2-11H2,1H3,(H,16,17). The minimum atomic E-state index is -0.0785. The van der Waals surface area contributed by atoms with E-state index >= 15 is 0 Å². The highest BCUT2D eigenvalue weighted by molar-refractivity contribution is 5.82. The normalized spacial score (nSPS) is 23.4. The molecule has 0 aromatic heterocycles. The lowest BCUT2D eigenvalue weighted by Gasteiger charge is -2.35. The number of carbonyl (C=O) groups excluding carboxylic acids is 1. The topological polar surface area (TPSA) is 41.1 Å². The lowest BCUT2D eigenvalue weighted by atomic mass is 9.76. The van der Waals surface area contributed by atoms with Crippen molar-refractivity contribution in [1.82, 2.24) is 10.6 Å². The van der Waals surface area contributed by atoms with Crippen LogP contribution >= 0.6 is 0 Å². The average Bonchev–Trinajstić information content (AvgIpc) is 3.19. The van der Waals surface area contributed by atoms with Gasteiger partial charge in [0.2, 0.25) is 5.91 Å². The molecule has 0 unspecified atom stereocenters. The minimum Gasteiger partial charge on any atom is -0.356 e. The molecule has 3 heteroatoms. The van der Waals surface area contributed by atoms with Crippen molar-refractivity contribution in [3.05, 3.63) is 0 Å². The van der Waals surface area contributed by atoms with Crippen LogP contribution in [0.15, 0.2) is 0 Å². The molecule has 2 rings (SSSR count). The molecule has 0 aromatic rings. The van der Waals surface area contributed by atoms with Crippen molar-refractivity contribution >= 4 is 5.91 Å². The van der Waals surface area contributed by atoms with E-state index in [2.05, 4.69) is 17.6 Å². The highest BCUT2D eigenvalue weighted by atomic mass is 16.2. The van der Waals surface area contributed by atoms with E-state index in [0.717, 1.165) is 51.2 Å². The monoisotopic (exact) mass is 238 g/mol. The number of hydrogen-bond acceptors (Lipinski definition) is 2. The van der Waals surface area contributed by atoms with Gasteiger partial charge in [0.25, 0.3) is 0 Å². The fraction of sp³-hybridized carbons (Fsp3) is 0.929. The number of carbonyl (C=O) groups is 1. The molecule has 0 bridgehead atoms. The first-order valence-electron chi connectivity index (χ1n) is 7.26. The van der Waals surface area contributed by atoms with Gasteiger partial charge in [-0.05, 0) is 51.1 Å². The summed E-state index contributed by atoms with van der Waals surface area (Å²) < 4.78 is 0. The summed E-state index contributed by atoms with van der Waals surface area (Å²) in [6.45, 7) is 5.01. The van der Waals surface area contributed by atoms with Crippen molar-refractivity contribution in [1.29, 1.82) is 0 Å². The zero-order valence-corrected chi connectivity index (χ0v) is 11.1. The summed E-state index contributed by atoms with van der Waals surface area (Å²) in [5, 5.41) is 6.50. The van der Waals surface area contributed by atoms with Crippen LogP contribution in [-0.4, -0.2) is 25.5 Å². The maximum atomic E-state index is 12.3. The van der Waals surface area contributed by atoms with Crippen LogP contribution in [0.4, 0.5) is 0 Å². The van der Waals surface area contributed by atoms with Crippen molar-refractivity contribution in [2.75, 3.05) is 19.6 Å². The first kappa shape index (κ1) is 12.9. The smallest absolute Gasteiger partial charge is 0.226 e. The average molecular weight is 238 g/mol. The molecule has 0 radical (unpaired) electrons. The molecule has 0 atom stereocenters. The molecular weight excluding hydrogens is 212 g/mol. The summed E-state index contributed by atoms with van der Waals surface area (Å²) in [5.74, 6) is 1.28. The van der Waals surface area contributed by atoms with E-state index in [9.17, 15) is 4.79 Å². The second-order valence-electron chi connectivity index (χ2n) is 5.73. The van der Waals surface area contributed by atoms with Crippen molar-refractivity contribution in [2.45, 2.75) is 51.9 Å². The zero-order chi connectivity index (χ0) is 12.1. The Morgan fingerprint density at radius 1 is 1.35 bits per heavy atom. The van der Waals surface area contributed by atoms with Crippen molar-refractivity contribution in [2.24, 2.45) is 11.3 Å². The minimum absolute atomic E-state index is 0.0785. The molecule has 1 amide bonds. The highest BCUT2D eigenvalue weighted by Gasteiger charge is 2.37. The molecule has 98 valence electrons. The molecule has 1 heterocycles. The van der Waals surface area contributed by atoms with Crippen molar-refractivity contribution in [3.8, 4) is 0 Å². The van der Waals surface area contributed by atoms with E-state index in [1.54, 1.807) is 0 Å². The summed E-state index contributed by atoms with van der Waals surface area (Å²) in [5.41, 5.74) is -0.0785. The second-order valence-corrected chi connectivity index (χ2v) is 5.73. The van der Waals surface area contributed by atoms with Gasteiger partial charge in [-0.2, -0.15) is 0 Å². The Labute approximate surface area is 105 Å². The number of rotatable bonds is 6. The number of piperidine rings is 1. The van der Waals surface area contributed by atoms with Gasteiger partial charge in [0.15, 0.2) is 0 Å². The van der Waals surface area contributed by atoms with Crippen LogP contribution in [0.5, 0.6) is 0 Å². The molecular formula is C14H26N2O. The molecule has 0 aromatic carbocycles. The number of hydrogen-bond donors (Lipinski definition) is 2. The van der Waals surface area contributed by atoms with Gasteiger partial charge >= 0.3 is 0 Å². The number of amides is 1. The third-order valence-electron chi connectivity index (χ3n) is 4.49. The Morgan fingerprint density at radius 2 is 2.06 bits per heavy atom. The van der Waals surface area contributed by atoms with Gasteiger partial charge in [-0.25, -0.2) is 0 Å². The Hall–Kier alpha value is -0.570. The third kappa shape index (κ3) is 3.44. The van der Waals surface area contributed by atoms with Crippen LogP contribution in [0.25, 0.3) is 0 Å². The fourth-order valence-corrected chi connectivity index (χ4v) is 2.83. The first-order valence-corrected chi connectivity index (χ1v) is 7.26. The SMILES string of the molecule is CCC1(C(=O)NCCCC2CC2)CCNCC1. The molecule has 17 heavy (non-hydrogen) atoms. The molecule has 0 spiro atoms. The van der Waals surface area contributed by atoms with Gasteiger partial charge in [0.05, 0.1) is 5.41 Å². The van der Waals surface area contributed by atoms with Gasteiger partial charge in [-0.15, -0.1) is 0 Å². The maximum absolute atomic E-state index is 12.3. The van der Waals surface area contributed by atoms with Gasteiger partial charge in [-0.1, -0.05) is 19.8 Å². The second kappa shape index (κ2) is 5.85. The van der Waals surface area contributed by atoms with Crippen LogP contribution in [-0.2, 0) is 4.79 Å². The Kier molecular flexibility index (Phi) is 4.43. The molecule has 1 saturated carbocycles. The van der Waals surface area contributed by atoms with E-state index < -0.39 is 0 Å². The lowest BCUT2D eigenvalue weighted by Crippen LogP contribution is -2.47. The predicted molar refractivity (Wildman–Crippen MR) is 69.8 cm³/mol. The van der Waals surface area contributed by atoms with Crippen LogP contribution in [0.1, 0.15) is 51.9 Å². The molecule has 2 N–H and O–H groups in total. The van der Waals surface area contributed by atoms with E-state index in [0.29, 0.717) is 5.91 Å². The van der Waals surface area contributed by atoms with Gasteiger partial charge in [0.1, 0.15) is 0 Å². The lowest BCUT2D eigenvalue weighted by molar-refractivity contribution is -0.132. The van der Waals surface area contributed by atoms with E-state index in [1.807, 2.05) is 0 Å². The highest BCUT2D eigenvalue weighted by Crippen LogP contribution is 2.34. The largest absolute Gasteiger partial charge is 0.356 e. The molecule has 3 nitrogen and oxygen atoms in total. The Morgan fingerprint density at radius 3 is 2.65 bits per heavy atom. The van der Waals surface area contributed by atoms with Crippen LogP contribution in [0.3, 0.4) is 0 Å². The summed E-state index contributed by atoms with van der Waals surface area (Å²) in [6, 6.07) is 0.